The second kappa shape index (κ2) is 13.2. The Morgan fingerprint density at radius 2 is 1.91 bits per heavy atom. The van der Waals surface area contributed by atoms with E-state index in [-0.39, 0.29) is 24.5 Å². The smallest absolute Gasteiger partial charge is 0.355 e. The number of allylic oxidation sites excluding steroid dienone is 1. The van der Waals surface area contributed by atoms with E-state index < -0.39 is 0 Å². The van der Waals surface area contributed by atoms with Gasteiger partial charge in [-0.25, -0.2) is 9.18 Å². The van der Waals surface area contributed by atoms with Crippen LogP contribution in [0.5, 0.6) is 5.75 Å². The van der Waals surface area contributed by atoms with E-state index in [0.717, 1.165) is 69.0 Å². The van der Waals surface area contributed by atoms with Crippen LogP contribution >= 0.6 is 11.6 Å². The first-order valence-corrected chi connectivity index (χ1v) is 16.9. The average molecular weight is 656 g/mol. The lowest BCUT2D eigenvalue weighted by Crippen LogP contribution is -2.14. The standard InChI is InChI=1S/C38H39ClFN3O4/c1-4-30-33-32-29(39)18-17-28-27(11-9-21-46-31-12-8-10-24-22-25(40)15-16-26(24)31)36(38(44)45-5-2)43(35(28)32)19-6-7-20-47-37(23-13-14-23)34(33)41-42(30)3/h6-8,10,12,15-18,22-23,37H,4-5,9,11,13-14,19-21H2,1-3H3/b7-6-. The highest BCUT2D eigenvalue weighted by molar-refractivity contribution is 6.35. The summed E-state index contributed by atoms with van der Waals surface area (Å²) in [6, 6.07) is 14.3. The molecule has 7 nitrogen and oxygen atoms in total. The highest BCUT2D eigenvalue weighted by atomic mass is 35.5. The van der Waals surface area contributed by atoms with Crippen molar-refractivity contribution >= 4 is 39.2 Å². The molecule has 0 spiro atoms. The van der Waals surface area contributed by atoms with Crippen LogP contribution in [0.3, 0.4) is 0 Å². The molecule has 47 heavy (non-hydrogen) atoms. The fourth-order valence-corrected chi connectivity index (χ4v) is 7.33. The number of rotatable bonds is 9. The molecule has 1 unspecified atom stereocenters. The van der Waals surface area contributed by atoms with Crippen LogP contribution in [0.15, 0.2) is 60.7 Å². The summed E-state index contributed by atoms with van der Waals surface area (Å²) in [6.07, 6.45) is 8.14. The molecule has 3 aromatic carbocycles. The summed E-state index contributed by atoms with van der Waals surface area (Å²) in [5, 5.41) is 8.26. The molecule has 1 fully saturated rings. The topological polar surface area (TPSA) is 67.5 Å². The normalized spacial score (nSPS) is 17.0. The number of hydrogen-bond donors (Lipinski definition) is 0. The Kier molecular flexibility index (Phi) is 8.81. The first kappa shape index (κ1) is 31.5. The highest BCUT2D eigenvalue weighted by Gasteiger charge is 2.39. The number of ether oxygens (including phenoxy) is 3. The average Bonchev–Trinajstić information content (AvgIpc) is 3.78. The van der Waals surface area contributed by atoms with Crippen molar-refractivity contribution in [2.75, 3.05) is 19.8 Å². The Labute approximate surface area is 278 Å². The number of benzene rings is 3. The zero-order valence-electron chi connectivity index (χ0n) is 27.0. The minimum atomic E-state index is -0.365. The molecule has 3 heterocycles. The number of aromatic nitrogens is 3. The van der Waals surface area contributed by atoms with E-state index in [1.54, 1.807) is 6.07 Å². The van der Waals surface area contributed by atoms with Crippen molar-refractivity contribution < 1.29 is 23.4 Å². The zero-order chi connectivity index (χ0) is 32.7. The van der Waals surface area contributed by atoms with Crippen molar-refractivity contribution in [3.8, 4) is 16.9 Å². The molecule has 0 bridgehead atoms. The van der Waals surface area contributed by atoms with Crippen molar-refractivity contribution in [3.63, 3.8) is 0 Å². The lowest BCUT2D eigenvalue weighted by molar-refractivity contribution is 0.0513. The maximum atomic E-state index is 13.8. The van der Waals surface area contributed by atoms with Gasteiger partial charge in [0.25, 0.3) is 0 Å². The van der Waals surface area contributed by atoms with Crippen LogP contribution in [0, 0.1) is 11.7 Å². The Hall–Kier alpha value is -4.14. The molecule has 1 aliphatic heterocycles. The van der Waals surface area contributed by atoms with Crippen LogP contribution in [-0.4, -0.2) is 40.1 Å². The Morgan fingerprint density at radius 1 is 1.09 bits per heavy atom. The fraction of sp³-hybridized carbons (Fsp3) is 0.368. The van der Waals surface area contributed by atoms with Crippen LogP contribution < -0.4 is 4.74 Å². The van der Waals surface area contributed by atoms with Gasteiger partial charge in [-0.2, -0.15) is 5.10 Å². The second-order valence-electron chi connectivity index (χ2n) is 12.3. The molecule has 1 atom stereocenters. The van der Waals surface area contributed by atoms with E-state index in [4.69, 9.17) is 30.9 Å². The number of fused-ring (bicyclic) bond motifs is 3. The number of nitrogens with zero attached hydrogens (tertiary/aromatic N) is 3. The molecule has 0 amide bonds. The number of hydrogen-bond acceptors (Lipinski definition) is 5. The maximum Gasteiger partial charge on any atom is 0.355 e. The number of aryl methyl sites for hydroxylation is 2. The summed E-state index contributed by atoms with van der Waals surface area (Å²) in [7, 11) is 1.98. The molecule has 0 saturated heterocycles. The molecular formula is C38H39ClFN3O4. The summed E-state index contributed by atoms with van der Waals surface area (Å²) in [5.74, 6) is 0.472. The Morgan fingerprint density at radius 3 is 2.70 bits per heavy atom. The summed E-state index contributed by atoms with van der Waals surface area (Å²) in [4.78, 5) is 13.8. The molecule has 0 N–H and O–H groups in total. The van der Waals surface area contributed by atoms with Crippen LogP contribution in [0.25, 0.3) is 32.8 Å². The lowest BCUT2D eigenvalue weighted by Gasteiger charge is -2.18. The monoisotopic (exact) mass is 655 g/mol. The molecule has 0 radical (unpaired) electrons. The molecule has 9 heteroatoms. The molecule has 7 rings (SSSR count). The van der Waals surface area contributed by atoms with E-state index >= 15 is 0 Å². The second-order valence-corrected chi connectivity index (χ2v) is 12.7. The predicted molar refractivity (Wildman–Crippen MR) is 183 cm³/mol. The van der Waals surface area contributed by atoms with Crippen molar-refractivity contribution in [1.82, 2.24) is 14.3 Å². The first-order valence-electron chi connectivity index (χ1n) is 16.6. The van der Waals surface area contributed by atoms with Gasteiger partial charge in [0.1, 0.15) is 23.4 Å². The molecule has 5 aromatic rings. The number of esters is 1. The highest BCUT2D eigenvalue weighted by Crippen LogP contribution is 2.49. The van der Waals surface area contributed by atoms with Gasteiger partial charge in [0.05, 0.1) is 36.1 Å². The Balaban J connectivity index is 1.35. The van der Waals surface area contributed by atoms with E-state index in [2.05, 4.69) is 17.6 Å². The van der Waals surface area contributed by atoms with E-state index in [0.29, 0.717) is 55.0 Å². The number of carbonyl (C=O) groups is 1. The van der Waals surface area contributed by atoms with Gasteiger partial charge in [-0.05, 0) is 86.2 Å². The number of carbonyl (C=O) groups excluding carboxylic acids is 1. The molecule has 1 aliphatic carbocycles. The fourth-order valence-electron chi connectivity index (χ4n) is 7.08. The molecule has 2 aliphatic rings. The van der Waals surface area contributed by atoms with E-state index in [9.17, 15) is 9.18 Å². The number of halogens is 2. The predicted octanol–water partition coefficient (Wildman–Crippen LogP) is 8.78. The van der Waals surface area contributed by atoms with E-state index in [1.165, 1.54) is 12.1 Å². The Bertz CT molecular complexity index is 2010. The van der Waals surface area contributed by atoms with Crippen molar-refractivity contribution in [3.05, 3.63) is 94.2 Å². The zero-order valence-corrected chi connectivity index (χ0v) is 27.8. The van der Waals surface area contributed by atoms with Crippen LogP contribution in [0.4, 0.5) is 4.39 Å². The van der Waals surface area contributed by atoms with E-state index in [1.807, 2.05) is 55.1 Å². The lowest BCUT2D eigenvalue weighted by atomic mass is 9.94. The van der Waals surface area contributed by atoms with Gasteiger partial charge in [0.15, 0.2) is 0 Å². The summed E-state index contributed by atoms with van der Waals surface area (Å²) < 4.78 is 36.2. The molecule has 1 saturated carbocycles. The summed E-state index contributed by atoms with van der Waals surface area (Å²) in [5.41, 5.74) is 6.20. The third kappa shape index (κ3) is 5.82. The third-order valence-electron chi connectivity index (χ3n) is 9.30. The van der Waals surface area contributed by atoms with Gasteiger partial charge < -0.3 is 18.8 Å². The van der Waals surface area contributed by atoms with Gasteiger partial charge in [-0.3, -0.25) is 4.68 Å². The van der Waals surface area contributed by atoms with Crippen LogP contribution in [0.2, 0.25) is 5.02 Å². The maximum absolute atomic E-state index is 13.8. The third-order valence-corrected chi connectivity index (χ3v) is 9.62. The molecular weight excluding hydrogens is 617 g/mol. The molecule has 2 aromatic heterocycles. The largest absolute Gasteiger partial charge is 0.493 e. The quantitative estimate of drug-likeness (QED) is 0.0902. The van der Waals surface area contributed by atoms with Gasteiger partial charge in [-0.15, -0.1) is 0 Å². The van der Waals surface area contributed by atoms with Crippen LogP contribution in [-0.2, 0) is 35.9 Å². The van der Waals surface area contributed by atoms with Crippen molar-refractivity contribution in [1.29, 1.82) is 0 Å². The SMILES string of the molecule is CCOC(=O)c1c(CCCOc2cccc3cc(F)ccc23)c2ccc(Cl)c3c2n1C/C=C\COC(C1CC1)c1nn(C)c(CC)c1-3. The summed E-state index contributed by atoms with van der Waals surface area (Å²) >= 11 is 7.16. The summed E-state index contributed by atoms with van der Waals surface area (Å²) in [6.45, 7) is 5.54. The first-order chi connectivity index (χ1) is 22.9. The van der Waals surface area contributed by atoms with Gasteiger partial charge in [-0.1, -0.05) is 48.9 Å². The van der Waals surface area contributed by atoms with Gasteiger partial charge in [0.2, 0.25) is 0 Å². The molecule has 244 valence electrons. The minimum Gasteiger partial charge on any atom is -0.493 e. The minimum absolute atomic E-state index is 0.138. The van der Waals surface area contributed by atoms with Gasteiger partial charge in [0, 0.05) is 41.2 Å². The van der Waals surface area contributed by atoms with Crippen molar-refractivity contribution in [2.45, 2.75) is 58.6 Å². The van der Waals surface area contributed by atoms with Crippen molar-refractivity contribution in [2.24, 2.45) is 13.0 Å². The van der Waals surface area contributed by atoms with Crippen LogP contribution in [0.1, 0.15) is 66.7 Å². The van der Waals surface area contributed by atoms with Gasteiger partial charge >= 0.3 is 5.97 Å².